The van der Waals surface area contributed by atoms with Gasteiger partial charge in [0.1, 0.15) is 5.82 Å². The van der Waals surface area contributed by atoms with E-state index in [0.29, 0.717) is 44.0 Å². The van der Waals surface area contributed by atoms with E-state index in [1.54, 1.807) is 29.2 Å². The molecule has 154 valence electrons. The van der Waals surface area contributed by atoms with E-state index < -0.39 is 5.97 Å². The lowest BCUT2D eigenvalue weighted by Crippen LogP contribution is -2.50. The number of carbonyl (C=O) groups excluding carboxylic acids is 2. The van der Waals surface area contributed by atoms with Crippen molar-refractivity contribution in [3.05, 3.63) is 53.7 Å². The third-order valence-electron chi connectivity index (χ3n) is 4.88. The van der Waals surface area contributed by atoms with Crippen molar-refractivity contribution in [2.45, 2.75) is 26.7 Å². The van der Waals surface area contributed by atoms with E-state index in [1.807, 2.05) is 32.0 Å². The van der Waals surface area contributed by atoms with E-state index >= 15 is 0 Å². The van der Waals surface area contributed by atoms with Crippen LogP contribution in [0.5, 0.6) is 0 Å². The molecule has 0 atom stereocenters. The third-order valence-corrected chi connectivity index (χ3v) is 4.88. The topological polar surface area (TPSA) is 74.8 Å². The molecular weight excluding hydrogens is 368 g/mol. The number of ether oxygens (including phenoxy) is 1. The monoisotopic (exact) mass is 396 g/mol. The molecule has 7 heteroatoms. The van der Waals surface area contributed by atoms with Crippen molar-refractivity contribution in [1.82, 2.24) is 9.88 Å². The number of amides is 2. The Bertz CT molecular complexity index is 847. The Morgan fingerprint density at radius 3 is 2.55 bits per heavy atom. The number of aryl methyl sites for hydroxylation is 1. The molecule has 0 radical (unpaired) electrons. The number of benzene rings is 1. The SMILES string of the molecule is CCCCOC(=O)c1ccccc1NC(=O)N1CCN(c2cccc(C)n2)CC1. The zero-order valence-corrected chi connectivity index (χ0v) is 17.1. The Kier molecular flexibility index (Phi) is 7.05. The molecule has 29 heavy (non-hydrogen) atoms. The lowest BCUT2D eigenvalue weighted by atomic mass is 10.2. The van der Waals surface area contributed by atoms with Gasteiger partial charge in [-0.05, 0) is 37.6 Å². The quantitative estimate of drug-likeness (QED) is 0.595. The maximum atomic E-state index is 12.7. The molecule has 1 fully saturated rings. The van der Waals surface area contributed by atoms with E-state index in [9.17, 15) is 9.59 Å². The number of anilines is 2. The van der Waals surface area contributed by atoms with Gasteiger partial charge >= 0.3 is 12.0 Å². The highest BCUT2D eigenvalue weighted by molar-refractivity contribution is 6.00. The molecule has 7 nitrogen and oxygen atoms in total. The van der Waals surface area contributed by atoms with Crippen LogP contribution in [-0.4, -0.2) is 54.7 Å². The number of hydrogen-bond acceptors (Lipinski definition) is 5. The molecule has 0 spiro atoms. The summed E-state index contributed by atoms with van der Waals surface area (Å²) in [5.41, 5.74) is 1.83. The highest BCUT2D eigenvalue weighted by Crippen LogP contribution is 2.19. The average molecular weight is 396 g/mol. The smallest absolute Gasteiger partial charge is 0.340 e. The number of para-hydroxylation sites is 1. The lowest BCUT2D eigenvalue weighted by molar-refractivity contribution is 0.0501. The van der Waals surface area contributed by atoms with Crippen molar-refractivity contribution in [2.24, 2.45) is 0 Å². The number of aromatic nitrogens is 1. The Labute approximate surface area is 171 Å². The lowest BCUT2D eigenvalue weighted by Gasteiger charge is -2.35. The number of nitrogens with one attached hydrogen (secondary N) is 1. The summed E-state index contributed by atoms with van der Waals surface area (Å²) in [5, 5.41) is 2.87. The number of pyridine rings is 1. The highest BCUT2D eigenvalue weighted by atomic mass is 16.5. The minimum Gasteiger partial charge on any atom is -0.462 e. The van der Waals surface area contributed by atoms with Crippen LogP contribution >= 0.6 is 0 Å². The molecule has 0 aliphatic carbocycles. The second-order valence-electron chi connectivity index (χ2n) is 7.08. The van der Waals surface area contributed by atoms with E-state index in [4.69, 9.17) is 4.74 Å². The van der Waals surface area contributed by atoms with Crippen LogP contribution in [0, 0.1) is 6.92 Å². The van der Waals surface area contributed by atoms with Crippen LogP contribution < -0.4 is 10.2 Å². The van der Waals surface area contributed by atoms with Crippen LogP contribution in [0.15, 0.2) is 42.5 Å². The Morgan fingerprint density at radius 2 is 1.83 bits per heavy atom. The molecule has 1 aliphatic rings. The molecule has 3 rings (SSSR count). The maximum Gasteiger partial charge on any atom is 0.340 e. The van der Waals surface area contributed by atoms with Gasteiger partial charge in [0, 0.05) is 31.9 Å². The van der Waals surface area contributed by atoms with Crippen molar-refractivity contribution in [3.63, 3.8) is 0 Å². The maximum absolute atomic E-state index is 12.7. The van der Waals surface area contributed by atoms with Gasteiger partial charge < -0.3 is 19.9 Å². The van der Waals surface area contributed by atoms with Crippen LogP contribution in [0.25, 0.3) is 0 Å². The van der Waals surface area contributed by atoms with Gasteiger partial charge in [-0.15, -0.1) is 0 Å². The van der Waals surface area contributed by atoms with Gasteiger partial charge in [-0.25, -0.2) is 14.6 Å². The van der Waals surface area contributed by atoms with Gasteiger partial charge in [0.05, 0.1) is 17.9 Å². The number of carbonyl (C=O) groups is 2. The second kappa shape index (κ2) is 9.91. The molecule has 0 bridgehead atoms. The first-order valence-corrected chi connectivity index (χ1v) is 10.1. The van der Waals surface area contributed by atoms with E-state index in [1.165, 1.54) is 0 Å². The van der Waals surface area contributed by atoms with Crippen LogP contribution in [0.2, 0.25) is 0 Å². The molecular formula is C22H28N4O3. The predicted octanol–water partition coefficient (Wildman–Crippen LogP) is 3.70. The Morgan fingerprint density at radius 1 is 1.07 bits per heavy atom. The number of urea groups is 1. The first-order chi connectivity index (χ1) is 14.1. The summed E-state index contributed by atoms with van der Waals surface area (Å²) in [6.45, 7) is 6.99. The number of rotatable bonds is 6. The number of esters is 1. The third kappa shape index (κ3) is 5.47. The predicted molar refractivity (Wildman–Crippen MR) is 113 cm³/mol. The van der Waals surface area contributed by atoms with Gasteiger partial charge in [0.15, 0.2) is 0 Å². The van der Waals surface area contributed by atoms with Crippen molar-refractivity contribution in [2.75, 3.05) is 43.0 Å². The summed E-state index contributed by atoms with van der Waals surface area (Å²) >= 11 is 0. The molecule has 1 aromatic heterocycles. The fourth-order valence-corrected chi connectivity index (χ4v) is 3.19. The first-order valence-electron chi connectivity index (χ1n) is 10.1. The van der Waals surface area contributed by atoms with Gasteiger partial charge in [-0.2, -0.15) is 0 Å². The van der Waals surface area contributed by atoms with Crippen LogP contribution in [0.4, 0.5) is 16.3 Å². The number of piperazine rings is 1. The molecule has 1 aliphatic heterocycles. The zero-order valence-electron chi connectivity index (χ0n) is 17.1. The summed E-state index contributed by atoms with van der Waals surface area (Å²) in [6.07, 6.45) is 1.77. The standard InChI is InChI=1S/C22H28N4O3/c1-3-4-16-29-21(27)18-9-5-6-10-19(18)24-22(28)26-14-12-25(13-15-26)20-11-7-8-17(2)23-20/h5-11H,3-4,12-16H2,1-2H3,(H,24,28). The zero-order chi connectivity index (χ0) is 20.6. The molecule has 2 heterocycles. The summed E-state index contributed by atoms with van der Waals surface area (Å²) < 4.78 is 5.29. The number of hydrogen-bond donors (Lipinski definition) is 1. The molecule has 1 N–H and O–H groups in total. The molecule has 2 aromatic rings. The van der Waals surface area contributed by atoms with Crippen LogP contribution in [-0.2, 0) is 4.74 Å². The van der Waals surface area contributed by atoms with Gasteiger partial charge in [-0.3, -0.25) is 0 Å². The molecule has 0 unspecified atom stereocenters. The second-order valence-corrected chi connectivity index (χ2v) is 7.08. The fourth-order valence-electron chi connectivity index (χ4n) is 3.19. The summed E-state index contributed by atoms with van der Waals surface area (Å²) in [7, 11) is 0. The van der Waals surface area contributed by atoms with E-state index in [-0.39, 0.29) is 6.03 Å². The van der Waals surface area contributed by atoms with Crippen LogP contribution in [0.3, 0.4) is 0 Å². The fraction of sp³-hybridized carbons (Fsp3) is 0.409. The number of unbranched alkanes of at least 4 members (excludes halogenated alkanes) is 1. The number of nitrogens with zero attached hydrogens (tertiary/aromatic N) is 3. The Balaban J connectivity index is 1.58. The van der Waals surface area contributed by atoms with Gasteiger partial charge in [0.25, 0.3) is 0 Å². The summed E-state index contributed by atoms with van der Waals surface area (Å²) in [5.74, 6) is 0.523. The van der Waals surface area contributed by atoms with Crippen LogP contribution in [0.1, 0.15) is 35.8 Å². The van der Waals surface area contributed by atoms with E-state index in [0.717, 1.165) is 24.4 Å². The normalized spacial score (nSPS) is 13.9. The minimum atomic E-state index is -0.412. The summed E-state index contributed by atoms with van der Waals surface area (Å²) in [4.78, 5) is 33.5. The van der Waals surface area contributed by atoms with Gasteiger partial charge in [0.2, 0.25) is 0 Å². The Hall–Kier alpha value is -3.09. The van der Waals surface area contributed by atoms with Gasteiger partial charge in [-0.1, -0.05) is 31.5 Å². The molecule has 2 amide bonds. The highest BCUT2D eigenvalue weighted by Gasteiger charge is 2.23. The largest absolute Gasteiger partial charge is 0.462 e. The van der Waals surface area contributed by atoms with Crippen molar-refractivity contribution in [3.8, 4) is 0 Å². The van der Waals surface area contributed by atoms with Crippen molar-refractivity contribution >= 4 is 23.5 Å². The van der Waals surface area contributed by atoms with Crippen molar-refractivity contribution in [1.29, 1.82) is 0 Å². The minimum absolute atomic E-state index is 0.212. The van der Waals surface area contributed by atoms with Crippen molar-refractivity contribution < 1.29 is 14.3 Å². The molecule has 1 saturated heterocycles. The average Bonchev–Trinajstić information content (AvgIpc) is 2.74. The molecule has 0 saturated carbocycles. The van der Waals surface area contributed by atoms with E-state index in [2.05, 4.69) is 15.2 Å². The summed E-state index contributed by atoms with van der Waals surface area (Å²) in [6, 6.07) is 12.7. The first kappa shape index (κ1) is 20.6. The molecule has 1 aromatic carbocycles.